The van der Waals surface area contributed by atoms with Crippen LogP contribution in [-0.2, 0) is 12.8 Å². The van der Waals surface area contributed by atoms with Crippen LogP contribution in [0.4, 0.5) is 4.39 Å². The number of fused-ring (bicyclic) bond motifs is 1. The van der Waals surface area contributed by atoms with E-state index in [1.54, 1.807) is 12.1 Å². The van der Waals surface area contributed by atoms with Crippen molar-refractivity contribution in [2.45, 2.75) is 25.3 Å². The monoisotopic (exact) mass is 384 g/mol. The molecule has 0 saturated carbocycles. The highest BCUT2D eigenvalue weighted by molar-refractivity contribution is 5.94. The molecule has 1 amide bonds. The summed E-state index contributed by atoms with van der Waals surface area (Å²) in [6.07, 6.45) is 2.56. The van der Waals surface area contributed by atoms with Gasteiger partial charge in [-0.05, 0) is 77.9 Å². The number of carbonyl (C=O) groups is 1. The molecule has 4 rings (SSSR count). The van der Waals surface area contributed by atoms with Crippen molar-refractivity contribution in [3.63, 3.8) is 0 Å². The van der Waals surface area contributed by atoms with Gasteiger partial charge in [0.05, 0.1) is 11.6 Å². The third kappa shape index (κ3) is 3.90. The lowest BCUT2D eigenvalue weighted by Crippen LogP contribution is -2.40. The first-order valence-corrected chi connectivity index (χ1v) is 9.70. The van der Waals surface area contributed by atoms with Gasteiger partial charge < -0.3 is 4.90 Å². The Kier molecular flexibility index (Phi) is 5.14. The maximum absolute atomic E-state index is 13.1. The number of halogens is 1. The van der Waals surface area contributed by atoms with E-state index in [4.69, 9.17) is 5.26 Å². The first kappa shape index (κ1) is 18.9. The van der Waals surface area contributed by atoms with E-state index in [0.717, 1.165) is 30.4 Å². The molecule has 0 aliphatic heterocycles. The lowest BCUT2D eigenvalue weighted by Gasteiger charge is -2.32. The number of hydrogen-bond acceptors (Lipinski definition) is 2. The highest BCUT2D eigenvalue weighted by Gasteiger charge is 2.26. The van der Waals surface area contributed by atoms with Gasteiger partial charge in [-0.3, -0.25) is 4.79 Å². The van der Waals surface area contributed by atoms with Gasteiger partial charge in [0, 0.05) is 18.7 Å². The van der Waals surface area contributed by atoms with Gasteiger partial charge in [0.25, 0.3) is 5.91 Å². The number of hydrogen-bond donors (Lipinski definition) is 0. The van der Waals surface area contributed by atoms with Crippen LogP contribution in [0, 0.1) is 17.1 Å². The molecule has 3 aromatic rings. The molecule has 0 bridgehead atoms. The van der Waals surface area contributed by atoms with E-state index in [1.165, 1.54) is 23.3 Å². The molecule has 0 spiro atoms. The Balaban J connectivity index is 1.48. The molecule has 1 aliphatic carbocycles. The number of rotatable bonds is 3. The third-order valence-electron chi connectivity index (χ3n) is 5.72. The number of likely N-dealkylation sites (N-methyl/N-ethyl adjacent to an activating group) is 1. The quantitative estimate of drug-likeness (QED) is 0.638. The van der Waals surface area contributed by atoms with Crippen molar-refractivity contribution in [1.82, 2.24) is 4.90 Å². The van der Waals surface area contributed by atoms with Gasteiger partial charge in [-0.25, -0.2) is 4.39 Å². The van der Waals surface area contributed by atoms with E-state index in [2.05, 4.69) is 6.07 Å². The van der Waals surface area contributed by atoms with E-state index in [-0.39, 0.29) is 17.8 Å². The second-order valence-corrected chi connectivity index (χ2v) is 7.49. The van der Waals surface area contributed by atoms with Gasteiger partial charge in [0.1, 0.15) is 5.82 Å². The molecule has 0 heterocycles. The zero-order chi connectivity index (χ0) is 20.4. The minimum atomic E-state index is -0.264. The average molecular weight is 384 g/mol. The van der Waals surface area contributed by atoms with E-state index >= 15 is 0 Å². The van der Waals surface area contributed by atoms with Crippen LogP contribution >= 0.6 is 0 Å². The minimum absolute atomic E-state index is 0.00208. The second kappa shape index (κ2) is 7.89. The van der Waals surface area contributed by atoms with Crippen LogP contribution in [0.1, 0.15) is 33.5 Å². The molecular formula is C25H21FN2O. The molecule has 3 nitrogen and oxygen atoms in total. The average Bonchev–Trinajstić information content (AvgIpc) is 2.78. The van der Waals surface area contributed by atoms with Crippen molar-refractivity contribution in [2.75, 3.05) is 7.05 Å². The lowest BCUT2D eigenvalue weighted by atomic mass is 9.86. The molecule has 0 N–H and O–H groups in total. The van der Waals surface area contributed by atoms with Gasteiger partial charge in [-0.1, -0.05) is 30.3 Å². The first-order chi connectivity index (χ1) is 14.0. The molecule has 1 atom stereocenters. The Labute approximate surface area is 170 Å². The Hall–Kier alpha value is -3.45. The van der Waals surface area contributed by atoms with Crippen LogP contribution in [0.2, 0.25) is 0 Å². The molecule has 144 valence electrons. The van der Waals surface area contributed by atoms with E-state index < -0.39 is 0 Å². The Bertz CT molecular complexity index is 1080. The predicted octanol–water partition coefficient (Wildman–Crippen LogP) is 4.99. The second-order valence-electron chi connectivity index (χ2n) is 7.49. The molecule has 0 saturated heterocycles. The van der Waals surface area contributed by atoms with Crippen molar-refractivity contribution < 1.29 is 9.18 Å². The molecule has 29 heavy (non-hydrogen) atoms. The van der Waals surface area contributed by atoms with E-state index in [0.29, 0.717) is 11.1 Å². The number of amides is 1. The van der Waals surface area contributed by atoms with E-state index in [9.17, 15) is 9.18 Å². The summed E-state index contributed by atoms with van der Waals surface area (Å²) in [5.74, 6) is -0.266. The van der Waals surface area contributed by atoms with Crippen LogP contribution in [0.3, 0.4) is 0 Å². The molecule has 4 heteroatoms. The summed E-state index contributed by atoms with van der Waals surface area (Å²) >= 11 is 0. The number of carbonyl (C=O) groups excluding carboxylic acids is 1. The molecule has 0 radical (unpaired) electrons. The zero-order valence-corrected chi connectivity index (χ0v) is 16.2. The van der Waals surface area contributed by atoms with Crippen molar-refractivity contribution >= 4 is 5.91 Å². The van der Waals surface area contributed by atoms with Crippen LogP contribution in [-0.4, -0.2) is 23.9 Å². The summed E-state index contributed by atoms with van der Waals surface area (Å²) in [5, 5.41) is 9.06. The normalized spacial score (nSPS) is 15.3. The summed E-state index contributed by atoms with van der Waals surface area (Å²) in [7, 11) is 1.86. The predicted molar refractivity (Wildman–Crippen MR) is 111 cm³/mol. The Morgan fingerprint density at radius 3 is 2.31 bits per heavy atom. The number of aryl methyl sites for hydroxylation is 1. The lowest BCUT2D eigenvalue weighted by molar-refractivity contribution is 0.0719. The highest BCUT2D eigenvalue weighted by Crippen LogP contribution is 2.26. The number of nitrogens with zero attached hydrogens (tertiary/aromatic N) is 2. The Morgan fingerprint density at radius 1 is 1.00 bits per heavy atom. The van der Waals surface area contributed by atoms with Crippen LogP contribution < -0.4 is 0 Å². The third-order valence-corrected chi connectivity index (χ3v) is 5.72. The Morgan fingerprint density at radius 2 is 1.66 bits per heavy atom. The highest BCUT2D eigenvalue weighted by atomic mass is 19.1. The van der Waals surface area contributed by atoms with Crippen LogP contribution in [0.15, 0.2) is 66.7 Å². The van der Waals surface area contributed by atoms with Gasteiger partial charge in [-0.15, -0.1) is 0 Å². The number of nitriles is 1. The van der Waals surface area contributed by atoms with Crippen molar-refractivity contribution in [3.05, 3.63) is 94.8 Å². The molecule has 0 aromatic heterocycles. The molecular weight excluding hydrogens is 363 g/mol. The zero-order valence-electron chi connectivity index (χ0n) is 16.2. The molecule has 3 aromatic carbocycles. The summed E-state index contributed by atoms with van der Waals surface area (Å²) in [5.41, 5.74) is 5.62. The maximum Gasteiger partial charge on any atom is 0.253 e. The maximum atomic E-state index is 13.1. The number of benzene rings is 3. The summed E-state index contributed by atoms with van der Waals surface area (Å²) in [6, 6.07) is 21.9. The fraction of sp³-hybridized carbons (Fsp3) is 0.200. The smallest absolute Gasteiger partial charge is 0.253 e. The summed E-state index contributed by atoms with van der Waals surface area (Å²) in [6.45, 7) is 0. The van der Waals surface area contributed by atoms with Crippen LogP contribution in [0.25, 0.3) is 11.1 Å². The van der Waals surface area contributed by atoms with Gasteiger partial charge in [0.2, 0.25) is 0 Å². The fourth-order valence-electron chi connectivity index (χ4n) is 3.95. The van der Waals surface area contributed by atoms with Gasteiger partial charge in [0.15, 0.2) is 0 Å². The topological polar surface area (TPSA) is 44.1 Å². The minimum Gasteiger partial charge on any atom is -0.338 e. The molecule has 0 fully saturated rings. The largest absolute Gasteiger partial charge is 0.338 e. The van der Waals surface area contributed by atoms with Crippen LogP contribution in [0.5, 0.6) is 0 Å². The summed E-state index contributed by atoms with van der Waals surface area (Å²) in [4.78, 5) is 14.8. The van der Waals surface area contributed by atoms with Crippen molar-refractivity contribution in [1.29, 1.82) is 5.26 Å². The molecule has 1 unspecified atom stereocenters. The summed E-state index contributed by atoms with van der Waals surface area (Å²) < 4.78 is 13.1. The van der Waals surface area contributed by atoms with Crippen molar-refractivity contribution in [2.24, 2.45) is 0 Å². The standard InChI is InChI=1S/C25H21FN2O/c1-28(24-13-10-21-14-17(16-27)2-3-22(21)15-24)25(29)20-6-4-18(5-7-20)19-8-11-23(26)12-9-19/h2-9,11-12,14,24H,10,13,15H2,1H3. The SMILES string of the molecule is CN(C(=O)c1ccc(-c2ccc(F)cc2)cc1)C1CCc2cc(C#N)ccc2C1. The fourth-order valence-corrected chi connectivity index (χ4v) is 3.95. The van der Waals surface area contributed by atoms with Crippen molar-refractivity contribution in [3.8, 4) is 17.2 Å². The van der Waals surface area contributed by atoms with Gasteiger partial charge in [-0.2, -0.15) is 5.26 Å². The first-order valence-electron chi connectivity index (χ1n) is 9.70. The van der Waals surface area contributed by atoms with Gasteiger partial charge >= 0.3 is 0 Å². The molecule has 1 aliphatic rings. The van der Waals surface area contributed by atoms with E-state index in [1.807, 2.05) is 54.4 Å².